The molecule has 0 aliphatic carbocycles. The van der Waals surface area contributed by atoms with Gasteiger partial charge in [-0.2, -0.15) is 18.3 Å². The Morgan fingerprint density at radius 2 is 1.81 bits per heavy atom. The average Bonchev–Trinajstić information content (AvgIpc) is 2.86. The molecule has 7 nitrogen and oxygen atoms in total. The number of hydrogen-bond donors (Lipinski definition) is 1. The monoisotopic (exact) mass is 551 g/mol. The first-order chi connectivity index (χ1) is 17.5. The lowest BCUT2D eigenvalue weighted by atomic mass is 10.2. The Morgan fingerprint density at radius 1 is 1.08 bits per heavy atom. The maximum absolute atomic E-state index is 13.4. The Labute approximate surface area is 216 Å². The van der Waals surface area contributed by atoms with Crippen molar-refractivity contribution in [3.8, 4) is 5.75 Å². The molecule has 0 radical (unpaired) electrons. The van der Waals surface area contributed by atoms with Crippen LogP contribution in [0.3, 0.4) is 0 Å². The molecule has 0 aliphatic heterocycles. The molecule has 1 amide bonds. The van der Waals surface area contributed by atoms with Crippen LogP contribution in [0.15, 0.2) is 95.4 Å². The zero-order valence-corrected chi connectivity index (χ0v) is 20.7. The van der Waals surface area contributed by atoms with E-state index in [0.717, 1.165) is 12.1 Å². The number of nitrogens with zero attached hydrogens (tertiary/aromatic N) is 2. The van der Waals surface area contributed by atoms with E-state index in [4.69, 9.17) is 16.3 Å². The first-order valence-corrected chi connectivity index (χ1v) is 12.4. The Morgan fingerprint density at radius 3 is 2.49 bits per heavy atom. The molecule has 0 unspecified atom stereocenters. The number of carbonyl (C=O) groups excluding carboxylic acids is 1. The molecule has 0 saturated carbocycles. The first-order valence-electron chi connectivity index (χ1n) is 10.6. The normalized spacial score (nSPS) is 11.8. The molecule has 3 aromatic carbocycles. The van der Waals surface area contributed by atoms with Gasteiger partial charge >= 0.3 is 6.18 Å². The van der Waals surface area contributed by atoms with E-state index in [2.05, 4.69) is 17.1 Å². The van der Waals surface area contributed by atoms with E-state index in [9.17, 15) is 26.4 Å². The van der Waals surface area contributed by atoms with Crippen LogP contribution in [0.1, 0.15) is 11.1 Å². The van der Waals surface area contributed by atoms with Gasteiger partial charge in [0, 0.05) is 0 Å². The largest absolute Gasteiger partial charge is 0.490 e. The Bertz CT molecular complexity index is 1400. The summed E-state index contributed by atoms with van der Waals surface area (Å²) in [7, 11) is -4.43. The fourth-order valence-corrected chi connectivity index (χ4v) is 4.76. The molecule has 37 heavy (non-hydrogen) atoms. The standard InChI is InChI=1S/C25H21ClF3N3O4S/c1-2-13-36-20-8-6-7-18(14-20)16-30-31-24(33)17-32(37(34,35)21-9-4-3-5-10-21)19-11-12-23(26)22(15-19)25(27,28)29/h2-12,14-16H,1,13,17H2,(H,31,33)/b30-16+. The Hall–Kier alpha value is -3.83. The predicted molar refractivity (Wildman–Crippen MR) is 135 cm³/mol. The number of hydrazone groups is 1. The van der Waals surface area contributed by atoms with E-state index in [0.29, 0.717) is 28.3 Å². The van der Waals surface area contributed by atoms with Crippen LogP contribution in [0.25, 0.3) is 0 Å². The van der Waals surface area contributed by atoms with Gasteiger partial charge in [-0.1, -0.05) is 54.6 Å². The summed E-state index contributed by atoms with van der Waals surface area (Å²) in [6, 6.07) is 16.3. The Balaban J connectivity index is 1.87. The minimum absolute atomic E-state index is 0.217. The fraction of sp³-hybridized carbons (Fsp3) is 0.120. The summed E-state index contributed by atoms with van der Waals surface area (Å²) < 4.78 is 72.9. The molecule has 0 bridgehead atoms. The van der Waals surface area contributed by atoms with Crippen molar-refractivity contribution in [3.05, 3.63) is 102 Å². The lowest BCUT2D eigenvalue weighted by Gasteiger charge is -2.24. The van der Waals surface area contributed by atoms with Gasteiger partial charge in [0.1, 0.15) is 18.9 Å². The van der Waals surface area contributed by atoms with Crippen LogP contribution in [-0.4, -0.2) is 33.7 Å². The van der Waals surface area contributed by atoms with Gasteiger partial charge in [0.05, 0.1) is 27.4 Å². The van der Waals surface area contributed by atoms with Gasteiger partial charge in [-0.05, 0) is 48.0 Å². The van der Waals surface area contributed by atoms with E-state index >= 15 is 0 Å². The highest BCUT2D eigenvalue weighted by atomic mass is 35.5. The molecule has 194 valence electrons. The van der Waals surface area contributed by atoms with Crippen molar-refractivity contribution in [2.24, 2.45) is 5.10 Å². The molecule has 12 heteroatoms. The maximum atomic E-state index is 13.4. The number of alkyl halides is 3. The predicted octanol–water partition coefficient (Wildman–Crippen LogP) is 5.27. The highest BCUT2D eigenvalue weighted by molar-refractivity contribution is 7.92. The number of halogens is 4. The molecule has 0 saturated heterocycles. The SMILES string of the molecule is C=CCOc1cccc(/C=N/NC(=O)CN(c2ccc(Cl)c(C(F)(F)F)c2)S(=O)(=O)c2ccccc2)c1. The number of benzene rings is 3. The van der Waals surface area contributed by atoms with Gasteiger partial charge in [-0.15, -0.1) is 0 Å². The average molecular weight is 552 g/mol. The number of amides is 1. The van der Waals surface area contributed by atoms with Gasteiger partial charge in [0.15, 0.2) is 0 Å². The molecule has 0 fully saturated rings. The summed E-state index contributed by atoms with van der Waals surface area (Å²) in [5, 5.41) is 3.20. The molecule has 0 aliphatic rings. The van der Waals surface area contributed by atoms with Crippen molar-refractivity contribution in [3.63, 3.8) is 0 Å². The molecule has 1 N–H and O–H groups in total. The van der Waals surface area contributed by atoms with Gasteiger partial charge in [-0.3, -0.25) is 9.10 Å². The van der Waals surface area contributed by atoms with Gasteiger partial charge in [0.25, 0.3) is 15.9 Å². The minimum atomic E-state index is -4.84. The lowest BCUT2D eigenvalue weighted by Crippen LogP contribution is -2.39. The number of carbonyl (C=O) groups is 1. The highest BCUT2D eigenvalue weighted by Crippen LogP contribution is 2.38. The summed E-state index contributed by atoms with van der Waals surface area (Å²) in [6.07, 6.45) is -1.96. The van der Waals surface area contributed by atoms with Crippen LogP contribution in [-0.2, 0) is 21.0 Å². The van der Waals surface area contributed by atoms with Crippen molar-refractivity contribution in [1.29, 1.82) is 0 Å². The second kappa shape index (κ2) is 11.9. The van der Waals surface area contributed by atoms with Crippen molar-refractivity contribution in [1.82, 2.24) is 5.43 Å². The molecule has 0 atom stereocenters. The summed E-state index contributed by atoms with van der Waals surface area (Å²) in [6.45, 7) is 3.01. The molecular formula is C25H21ClF3N3O4S. The highest BCUT2D eigenvalue weighted by Gasteiger charge is 2.35. The summed E-state index contributed by atoms with van der Waals surface area (Å²) in [5.41, 5.74) is 1.13. The molecule has 0 aromatic heterocycles. The quantitative estimate of drug-likeness (QED) is 0.211. The molecule has 0 spiro atoms. The fourth-order valence-electron chi connectivity index (χ4n) is 3.10. The summed E-state index contributed by atoms with van der Waals surface area (Å²) in [5.74, 6) is -0.350. The third-order valence-electron chi connectivity index (χ3n) is 4.79. The number of nitrogens with one attached hydrogen (secondary N) is 1. The summed E-state index contributed by atoms with van der Waals surface area (Å²) in [4.78, 5) is 12.4. The van der Waals surface area contributed by atoms with E-state index < -0.39 is 44.9 Å². The van der Waals surface area contributed by atoms with Gasteiger partial charge in [-0.25, -0.2) is 13.8 Å². The van der Waals surface area contributed by atoms with Crippen LogP contribution in [0.2, 0.25) is 5.02 Å². The van der Waals surface area contributed by atoms with Gasteiger partial charge in [0.2, 0.25) is 0 Å². The maximum Gasteiger partial charge on any atom is 0.417 e. The summed E-state index contributed by atoms with van der Waals surface area (Å²) >= 11 is 5.69. The minimum Gasteiger partial charge on any atom is -0.490 e. The Kier molecular flexibility index (Phi) is 8.95. The van der Waals surface area contributed by atoms with Crippen LogP contribution in [0, 0.1) is 0 Å². The van der Waals surface area contributed by atoms with Crippen molar-refractivity contribution < 1.29 is 31.1 Å². The molecular weight excluding hydrogens is 531 g/mol. The van der Waals surface area contributed by atoms with E-state index in [1.165, 1.54) is 30.5 Å². The van der Waals surface area contributed by atoms with Gasteiger partial charge < -0.3 is 4.74 Å². The van der Waals surface area contributed by atoms with Crippen molar-refractivity contribution in [2.75, 3.05) is 17.5 Å². The number of anilines is 1. The number of ether oxygens (including phenoxy) is 1. The third kappa shape index (κ3) is 7.34. The third-order valence-corrected chi connectivity index (χ3v) is 6.91. The van der Waals surface area contributed by atoms with E-state index in [1.54, 1.807) is 36.4 Å². The number of hydrogen-bond acceptors (Lipinski definition) is 5. The topological polar surface area (TPSA) is 88.1 Å². The van der Waals surface area contributed by atoms with Crippen LogP contribution < -0.4 is 14.5 Å². The number of rotatable bonds is 10. The number of sulfonamides is 1. The van der Waals surface area contributed by atoms with Crippen molar-refractivity contribution in [2.45, 2.75) is 11.1 Å². The lowest BCUT2D eigenvalue weighted by molar-refractivity contribution is -0.137. The molecule has 3 rings (SSSR count). The van der Waals surface area contributed by atoms with Crippen LogP contribution in [0.5, 0.6) is 5.75 Å². The first kappa shape index (κ1) is 27.8. The van der Waals surface area contributed by atoms with E-state index in [1.807, 2.05) is 0 Å². The molecule has 0 heterocycles. The molecule has 3 aromatic rings. The second-order valence-corrected chi connectivity index (χ2v) is 9.72. The smallest absolute Gasteiger partial charge is 0.417 e. The zero-order chi connectivity index (χ0) is 27.1. The van der Waals surface area contributed by atoms with Crippen LogP contribution >= 0.6 is 11.6 Å². The second-order valence-electron chi connectivity index (χ2n) is 7.45. The van der Waals surface area contributed by atoms with Crippen LogP contribution in [0.4, 0.5) is 18.9 Å². The van der Waals surface area contributed by atoms with Crippen molar-refractivity contribution >= 4 is 39.4 Å². The van der Waals surface area contributed by atoms with E-state index in [-0.39, 0.29) is 4.90 Å². The zero-order valence-electron chi connectivity index (χ0n) is 19.2.